The molecule has 1 aromatic rings. The van der Waals surface area contributed by atoms with Gasteiger partial charge in [0.15, 0.2) is 0 Å². The van der Waals surface area contributed by atoms with Crippen molar-refractivity contribution in [3.05, 3.63) is 17.5 Å². The lowest BCUT2D eigenvalue weighted by molar-refractivity contribution is 0.0928. The molecule has 0 unspecified atom stereocenters. The molecule has 0 radical (unpaired) electrons. The zero-order valence-corrected chi connectivity index (χ0v) is 11.4. The number of hydrogen-bond acceptors (Lipinski definition) is 2. The first-order valence-electron chi connectivity index (χ1n) is 6.38. The lowest BCUT2D eigenvalue weighted by Crippen LogP contribution is -2.33. The monoisotopic (exact) mass is 237 g/mol. The summed E-state index contributed by atoms with van der Waals surface area (Å²) < 4.78 is 1.77. The summed E-state index contributed by atoms with van der Waals surface area (Å²) in [7, 11) is 0. The van der Waals surface area contributed by atoms with E-state index in [2.05, 4.69) is 31.2 Å². The van der Waals surface area contributed by atoms with Crippen molar-refractivity contribution in [1.29, 1.82) is 0 Å². The molecule has 4 heteroatoms. The average Bonchev–Trinajstić information content (AvgIpc) is 2.72. The number of hydrogen-bond donors (Lipinski definition) is 1. The van der Waals surface area contributed by atoms with Crippen molar-refractivity contribution in [2.45, 2.75) is 59.5 Å². The SMILES string of the molecule is CC[C@H](C)NC(=O)c1cc(C(C)C)nn1CC. The highest BCUT2D eigenvalue weighted by molar-refractivity contribution is 5.92. The number of carbonyl (C=O) groups is 1. The Hall–Kier alpha value is -1.32. The zero-order valence-electron chi connectivity index (χ0n) is 11.4. The molecule has 0 aromatic carbocycles. The maximum atomic E-state index is 12.1. The van der Waals surface area contributed by atoms with Crippen LogP contribution in [0.2, 0.25) is 0 Å². The molecule has 0 spiro atoms. The largest absolute Gasteiger partial charge is 0.348 e. The predicted octanol–water partition coefficient (Wildman–Crippen LogP) is 2.55. The number of amides is 1. The van der Waals surface area contributed by atoms with Crippen molar-refractivity contribution in [1.82, 2.24) is 15.1 Å². The molecule has 1 aromatic heterocycles. The van der Waals surface area contributed by atoms with E-state index in [1.807, 2.05) is 19.9 Å². The zero-order chi connectivity index (χ0) is 13.0. The summed E-state index contributed by atoms with van der Waals surface area (Å²) in [4.78, 5) is 12.1. The minimum absolute atomic E-state index is 0.0272. The van der Waals surface area contributed by atoms with Crippen LogP contribution in [0.15, 0.2) is 6.07 Å². The van der Waals surface area contributed by atoms with Crippen LogP contribution in [-0.2, 0) is 6.54 Å². The second-order valence-electron chi connectivity index (χ2n) is 4.71. The van der Waals surface area contributed by atoms with E-state index in [1.54, 1.807) is 4.68 Å². The van der Waals surface area contributed by atoms with E-state index >= 15 is 0 Å². The van der Waals surface area contributed by atoms with Crippen LogP contribution in [0, 0.1) is 0 Å². The summed E-state index contributed by atoms with van der Waals surface area (Å²) in [5, 5.41) is 7.41. The quantitative estimate of drug-likeness (QED) is 0.855. The average molecular weight is 237 g/mol. The summed E-state index contributed by atoms with van der Waals surface area (Å²) in [6.45, 7) is 10.9. The van der Waals surface area contributed by atoms with Crippen molar-refractivity contribution < 1.29 is 4.79 Å². The van der Waals surface area contributed by atoms with E-state index in [1.165, 1.54) is 0 Å². The summed E-state index contributed by atoms with van der Waals surface area (Å²) in [6.07, 6.45) is 0.934. The molecule has 0 saturated carbocycles. The Morgan fingerprint density at radius 3 is 2.53 bits per heavy atom. The van der Waals surface area contributed by atoms with Gasteiger partial charge in [-0.15, -0.1) is 0 Å². The molecule has 0 aliphatic rings. The number of nitrogens with one attached hydrogen (secondary N) is 1. The maximum absolute atomic E-state index is 12.1. The van der Waals surface area contributed by atoms with Gasteiger partial charge in [0.25, 0.3) is 5.91 Å². The third-order valence-electron chi connectivity index (χ3n) is 2.91. The van der Waals surface area contributed by atoms with Gasteiger partial charge in [-0.1, -0.05) is 20.8 Å². The molecule has 0 fully saturated rings. The highest BCUT2D eigenvalue weighted by Gasteiger charge is 2.16. The fourth-order valence-electron chi connectivity index (χ4n) is 1.54. The van der Waals surface area contributed by atoms with Gasteiger partial charge in [-0.05, 0) is 32.3 Å². The second-order valence-corrected chi connectivity index (χ2v) is 4.71. The molecule has 0 aliphatic carbocycles. The molecule has 1 heterocycles. The van der Waals surface area contributed by atoms with Gasteiger partial charge in [-0.3, -0.25) is 9.48 Å². The van der Waals surface area contributed by atoms with Crippen LogP contribution in [0.5, 0.6) is 0 Å². The van der Waals surface area contributed by atoms with E-state index in [0.717, 1.165) is 18.7 Å². The Balaban J connectivity index is 2.92. The van der Waals surface area contributed by atoms with Crippen molar-refractivity contribution in [3.8, 4) is 0 Å². The number of rotatable bonds is 5. The summed E-state index contributed by atoms with van der Waals surface area (Å²) in [5.41, 5.74) is 1.64. The first-order valence-corrected chi connectivity index (χ1v) is 6.38. The van der Waals surface area contributed by atoms with Crippen LogP contribution in [0.1, 0.15) is 63.1 Å². The number of nitrogens with zero attached hydrogens (tertiary/aromatic N) is 2. The van der Waals surface area contributed by atoms with Crippen LogP contribution in [0.25, 0.3) is 0 Å². The van der Waals surface area contributed by atoms with Crippen molar-refractivity contribution in [2.24, 2.45) is 0 Å². The molecule has 0 bridgehead atoms. The third-order valence-corrected chi connectivity index (χ3v) is 2.91. The maximum Gasteiger partial charge on any atom is 0.269 e. The van der Waals surface area contributed by atoms with E-state index in [9.17, 15) is 4.79 Å². The van der Waals surface area contributed by atoms with Crippen LogP contribution in [0.3, 0.4) is 0 Å². The van der Waals surface area contributed by atoms with Crippen LogP contribution < -0.4 is 5.32 Å². The topological polar surface area (TPSA) is 46.9 Å². The van der Waals surface area contributed by atoms with Crippen LogP contribution >= 0.6 is 0 Å². The minimum atomic E-state index is -0.0272. The number of carbonyl (C=O) groups excluding carboxylic acids is 1. The Morgan fingerprint density at radius 1 is 1.41 bits per heavy atom. The van der Waals surface area contributed by atoms with Gasteiger partial charge < -0.3 is 5.32 Å². The Bertz CT molecular complexity index is 382. The lowest BCUT2D eigenvalue weighted by Gasteiger charge is -2.11. The van der Waals surface area contributed by atoms with Gasteiger partial charge in [-0.2, -0.15) is 5.10 Å². The standard InChI is InChI=1S/C13H23N3O/c1-6-10(5)14-13(17)12-8-11(9(3)4)15-16(12)7-2/h8-10H,6-7H2,1-5H3,(H,14,17)/t10-/m0/s1. The fourth-order valence-corrected chi connectivity index (χ4v) is 1.54. The summed E-state index contributed by atoms with van der Waals surface area (Å²) in [6, 6.07) is 2.09. The molecular weight excluding hydrogens is 214 g/mol. The van der Waals surface area contributed by atoms with E-state index in [4.69, 9.17) is 0 Å². The number of aryl methyl sites for hydroxylation is 1. The third kappa shape index (κ3) is 3.32. The van der Waals surface area contributed by atoms with Gasteiger partial charge >= 0.3 is 0 Å². The molecule has 17 heavy (non-hydrogen) atoms. The Kier molecular flexibility index (Phi) is 4.73. The van der Waals surface area contributed by atoms with Gasteiger partial charge in [0, 0.05) is 12.6 Å². The van der Waals surface area contributed by atoms with Gasteiger partial charge in [0.1, 0.15) is 5.69 Å². The molecular formula is C13H23N3O. The Morgan fingerprint density at radius 2 is 2.06 bits per heavy atom. The van der Waals surface area contributed by atoms with Gasteiger partial charge in [0.05, 0.1) is 5.69 Å². The van der Waals surface area contributed by atoms with Gasteiger partial charge in [0.2, 0.25) is 0 Å². The molecule has 96 valence electrons. The number of aromatic nitrogens is 2. The highest BCUT2D eigenvalue weighted by Crippen LogP contribution is 2.14. The second kappa shape index (κ2) is 5.84. The first kappa shape index (κ1) is 13.7. The first-order chi connectivity index (χ1) is 7.99. The van der Waals surface area contributed by atoms with E-state index < -0.39 is 0 Å². The highest BCUT2D eigenvalue weighted by atomic mass is 16.2. The van der Waals surface area contributed by atoms with Crippen molar-refractivity contribution >= 4 is 5.91 Å². The molecule has 4 nitrogen and oxygen atoms in total. The van der Waals surface area contributed by atoms with E-state index in [-0.39, 0.29) is 11.9 Å². The molecule has 1 rings (SSSR count). The van der Waals surface area contributed by atoms with Gasteiger partial charge in [-0.25, -0.2) is 0 Å². The van der Waals surface area contributed by atoms with Crippen molar-refractivity contribution in [2.75, 3.05) is 0 Å². The molecule has 1 atom stereocenters. The Labute approximate surface area is 103 Å². The summed E-state index contributed by atoms with van der Waals surface area (Å²) >= 11 is 0. The van der Waals surface area contributed by atoms with Crippen LogP contribution in [-0.4, -0.2) is 21.7 Å². The molecule has 0 saturated heterocycles. The summed E-state index contributed by atoms with van der Waals surface area (Å²) in [5.74, 6) is 0.318. The van der Waals surface area contributed by atoms with Crippen molar-refractivity contribution in [3.63, 3.8) is 0 Å². The predicted molar refractivity (Wildman–Crippen MR) is 69.2 cm³/mol. The lowest BCUT2D eigenvalue weighted by atomic mass is 10.1. The van der Waals surface area contributed by atoms with E-state index in [0.29, 0.717) is 11.6 Å². The molecule has 1 amide bonds. The molecule has 1 N–H and O–H groups in total. The minimum Gasteiger partial charge on any atom is -0.348 e. The normalized spacial score (nSPS) is 12.8. The van der Waals surface area contributed by atoms with Crippen LogP contribution in [0.4, 0.5) is 0 Å². The molecule has 0 aliphatic heterocycles. The fraction of sp³-hybridized carbons (Fsp3) is 0.692. The smallest absolute Gasteiger partial charge is 0.269 e.